The molecule has 0 spiro atoms. The number of aryl methyl sites for hydroxylation is 1. The standard InChI is InChI=1S/C17H20FN/c1-4-19-13(3)14-6-5-7-15(11-14)16-10-12(2)8-9-17(16)18/h5-11,13,19H,4H2,1-3H3. The zero-order chi connectivity index (χ0) is 13.8. The SMILES string of the molecule is CCNC(C)c1cccc(-c2cc(C)ccc2F)c1. The quantitative estimate of drug-likeness (QED) is 0.852. The molecule has 0 saturated heterocycles. The Morgan fingerprint density at radius 2 is 1.95 bits per heavy atom. The number of benzene rings is 2. The van der Waals surface area contributed by atoms with E-state index < -0.39 is 0 Å². The summed E-state index contributed by atoms with van der Waals surface area (Å²) in [5.74, 6) is -0.168. The Labute approximate surface area is 114 Å². The van der Waals surface area contributed by atoms with E-state index in [1.807, 2.05) is 25.1 Å². The molecule has 1 N–H and O–H groups in total. The normalized spacial score (nSPS) is 12.4. The monoisotopic (exact) mass is 257 g/mol. The molecule has 0 aliphatic rings. The fraction of sp³-hybridized carbons (Fsp3) is 0.294. The van der Waals surface area contributed by atoms with Crippen LogP contribution in [-0.2, 0) is 0 Å². The minimum absolute atomic E-state index is 0.168. The molecule has 2 heteroatoms. The maximum Gasteiger partial charge on any atom is 0.131 e. The minimum Gasteiger partial charge on any atom is -0.310 e. The highest BCUT2D eigenvalue weighted by Gasteiger charge is 2.08. The van der Waals surface area contributed by atoms with Gasteiger partial charge in [-0.25, -0.2) is 4.39 Å². The van der Waals surface area contributed by atoms with Crippen molar-refractivity contribution >= 4 is 0 Å². The van der Waals surface area contributed by atoms with Crippen LogP contribution < -0.4 is 5.32 Å². The van der Waals surface area contributed by atoms with E-state index in [1.165, 1.54) is 11.6 Å². The Morgan fingerprint density at radius 3 is 2.68 bits per heavy atom. The van der Waals surface area contributed by atoms with Gasteiger partial charge in [-0.1, -0.05) is 36.8 Å². The third-order valence-corrected chi connectivity index (χ3v) is 3.33. The zero-order valence-corrected chi connectivity index (χ0v) is 11.7. The van der Waals surface area contributed by atoms with Gasteiger partial charge in [0.1, 0.15) is 5.82 Å². The first-order valence-corrected chi connectivity index (χ1v) is 6.71. The molecule has 1 unspecified atom stereocenters. The second-order valence-electron chi connectivity index (χ2n) is 4.89. The van der Waals surface area contributed by atoms with Crippen LogP contribution in [0.4, 0.5) is 4.39 Å². The second-order valence-corrected chi connectivity index (χ2v) is 4.89. The van der Waals surface area contributed by atoms with Crippen molar-refractivity contribution in [2.24, 2.45) is 0 Å². The molecule has 100 valence electrons. The van der Waals surface area contributed by atoms with Crippen LogP contribution in [0, 0.1) is 12.7 Å². The first-order valence-electron chi connectivity index (χ1n) is 6.71. The van der Waals surface area contributed by atoms with Gasteiger partial charge in [0, 0.05) is 11.6 Å². The van der Waals surface area contributed by atoms with Gasteiger partial charge in [0.25, 0.3) is 0 Å². The molecular weight excluding hydrogens is 237 g/mol. The Morgan fingerprint density at radius 1 is 1.16 bits per heavy atom. The first kappa shape index (κ1) is 13.8. The van der Waals surface area contributed by atoms with Gasteiger partial charge in [-0.05, 0) is 49.7 Å². The van der Waals surface area contributed by atoms with Crippen LogP contribution in [0.2, 0.25) is 0 Å². The van der Waals surface area contributed by atoms with Crippen molar-refractivity contribution in [3.63, 3.8) is 0 Å². The number of halogens is 1. The molecule has 1 nitrogen and oxygen atoms in total. The summed E-state index contributed by atoms with van der Waals surface area (Å²) in [6.45, 7) is 7.11. The van der Waals surface area contributed by atoms with Crippen molar-refractivity contribution in [1.82, 2.24) is 5.32 Å². The third-order valence-electron chi connectivity index (χ3n) is 3.33. The molecule has 0 saturated carbocycles. The summed E-state index contributed by atoms with van der Waals surface area (Å²) >= 11 is 0. The molecule has 0 heterocycles. The van der Waals surface area contributed by atoms with Gasteiger partial charge in [0.15, 0.2) is 0 Å². The second kappa shape index (κ2) is 5.98. The van der Waals surface area contributed by atoms with E-state index in [2.05, 4.69) is 31.3 Å². The van der Waals surface area contributed by atoms with E-state index in [-0.39, 0.29) is 11.9 Å². The molecule has 0 radical (unpaired) electrons. The summed E-state index contributed by atoms with van der Waals surface area (Å²) in [5.41, 5.74) is 3.86. The molecule has 0 aliphatic heterocycles. The summed E-state index contributed by atoms with van der Waals surface area (Å²) in [6, 6.07) is 13.6. The fourth-order valence-corrected chi connectivity index (χ4v) is 2.26. The van der Waals surface area contributed by atoms with Crippen molar-refractivity contribution in [2.45, 2.75) is 26.8 Å². The van der Waals surface area contributed by atoms with E-state index in [1.54, 1.807) is 6.07 Å². The Bertz CT molecular complexity index is 563. The van der Waals surface area contributed by atoms with Crippen LogP contribution in [0.3, 0.4) is 0 Å². The smallest absolute Gasteiger partial charge is 0.131 e. The summed E-state index contributed by atoms with van der Waals surface area (Å²) in [7, 11) is 0. The van der Waals surface area contributed by atoms with E-state index in [0.29, 0.717) is 5.56 Å². The molecule has 0 aromatic heterocycles. The molecule has 2 rings (SSSR count). The van der Waals surface area contributed by atoms with E-state index in [9.17, 15) is 4.39 Å². The van der Waals surface area contributed by atoms with Gasteiger partial charge in [0.05, 0.1) is 0 Å². The summed E-state index contributed by atoms with van der Waals surface area (Å²) in [6.07, 6.45) is 0. The molecule has 1 atom stereocenters. The molecule has 0 bridgehead atoms. The topological polar surface area (TPSA) is 12.0 Å². The highest BCUT2D eigenvalue weighted by Crippen LogP contribution is 2.26. The molecule has 19 heavy (non-hydrogen) atoms. The lowest BCUT2D eigenvalue weighted by Gasteiger charge is -2.14. The highest BCUT2D eigenvalue weighted by atomic mass is 19.1. The molecule has 2 aromatic rings. The summed E-state index contributed by atoms with van der Waals surface area (Å²) in [5, 5.41) is 3.37. The zero-order valence-electron chi connectivity index (χ0n) is 11.7. The van der Waals surface area contributed by atoms with Crippen LogP contribution in [0.5, 0.6) is 0 Å². The minimum atomic E-state index is -0.168. The van der Waals surface area contributed by atoms with Crippen LogP contribution in [0.25, 0.3) is 11.1 Å². The lowest BCUT2D eigenvalue weighted by Crippen LogP contribution is -2.17. The van der Waals surface area contributed by atoms with Crippen molar-refractivity contribution in [3.8, 4) is 11.1 Å². The van der Waals surface area contributed by atoms with Gasteiger partial charge in [-0.3, -0.25) is 0 Å². The number of hydrogen-bond acceptors (Lipinski definition) is 1. The summed E-state index contributed by atoms with van der Waals surface area (Å²) < 4.78 is 13.9. The number of hydrogen-bond donors (Lipinski definition) is 1. The maximum atomic E-state index is 13.9. The molecule has 0 amide bonds. The Kier molecular flexibility index (Phi) is 4.33. The largest absolute Gasteiger partial charge is 0.310 e. The molecule has 0 fully saturated rings. The van der Waals surface area contributed by atoms with Crippen LogP contribution in [-0.4, -0.2) is 6.54 Å². The lowest BCUT2D eigenvalue weighted by atomic mass is 9.98. The predicted molar refractivity (Wildman–Crippen MR) is 78.7 cm³/mol. The number of nitrogens with one attached hydrogen (secondary N) is 1. The molecule has 2 aromatic carbocycles. The third kappa shape index (κ3) is 3.21. The van der Waals surface area contributed by atoms with E-state index in [4.69, 9.17) is 0 Å². The van der Waals surface area contributed by atoms with E-state index in [0.717, 1.165) is 17.7 Å². The van der Waals surface area contributed by atoms with Crippen LogP contribution >= 0.6 is 0 Å². The van der Waals surface area contributed by atoms with Gasteiger partial charge in [0.2, 0.25) is 0 Å². The van der Waals surface area contributed by atoms with Crippen molar-refractivity contribution in [2.75, 3.05) is 6.54 Å². The van der Waals surface area contributed by atoms with Crippen LogP contribution in [0.15, 0.2) is 42.5 Å². The van der Waals surface area contributed by atoms with Crippen molar-refractivity contribution < 1.29 is 4.39 Å². The average Bonchev–Trinajstić information content (AvgIpc) is 2.42. The predicted octanol–water partition coefficient (Wildman–Crippen LogP) is 4.47. The van der Waals surface area contributed by atoms with Crippen molar-refractivity contribution in [3.05, 3.63) is 59.4 Å². The fourth-order valence-electron chi connectivity index (χ4n) is 2.26. The molecular formula is C17H20FN. The van der Waals surface area contributed by atoms with Gasteiger partial charge in [-0.15, -0.1) is 0 Å². The molecule has 0 aliphatic carbocycles. The highest BCUT2D eigenvalue weighted by molar-refractivity contribution is 5.65. The number of rotatable bonds is 4. The van der Waals surface area contributed by atoms with E-state index >= 15 is 0 Å². The Hall–Kier alpha value is -1.67. The summed E-state index contributed by atoms with van der Waals surface area (Å²) in [4.78, 5) is 0. The van der Waals surface area contributed by atoms with Gasteiger partial charge >= 0.3 is 0 Å². The lowest BCUT2D eigenvalue weighted by molar-refractivity contribution is 0.598. The first-order chi connectivity index (χ1) is 9.11. The average molecular weight is 257 g/mol. The maximum absolute atomic E-state index is 13.9. The van der Waals surface area contributed by atoms with Gasteiger partial charge in [-0.2, -0.15) is 0 Å². The van der Waals surface area contributed by atoms with Gasteiger partial charge < -0.3 is 5.32 Å². The Balaban J connectivity index is 2.40. The van der Waals surface area contributed by atoms with Crippen molar-refractivity contribution in [1.29, 1.82) is 0 Å². The van der Waals surface area contributed by atoms with Crippen LogP contribution in [0.1, 0.15) is 31.0 Å².